The summed E-state index contributed by atoms with van der Waals surface area (Å²) in [5.41, 5.74) is 0. The maximum atomic E-state index is 5.02. The molecule has 0 amide bonds. The SMILES string of the molecule is CCCCC1=[N+]C=CO1. The lowest BCUT2D eigenvalue weighted by Gasteiger charge is -1.87. The van der Waals surface area contributed by atoms with Crippen molar-refractivity contribution in [2.24, 2.45) is 0 Å². The van der Waals surface area contributed by atoms with Gasteiger partial charge in [-0.1, -0.05) is 13.3 Å². The van der Waals surface area contributed by atoms with Crippen molar-refractivity contribution in [2.75, 3.05) is 0 Å². The summed E-state index contributed by atoms with van der Waals surface area (Å²) in [4.78, 5) is 3.99. The van der Waals surface area contributed by atoms with Gasteiger partial charge in [-0.05, 0) is 6.42 Å². The summed E-state index contributed by atoms with van der Waals surface area (Å²) in [5.74, 6) is 0.858. The second kappa shape index (κ2) is 3.28. The number of unbranched alkanes of at least 4 members (excludes halogenated alkanes) is 1. The number of ether oxygens (including phenoxy) is 1. The van der Waals surface area contributed by atoms with Crippen molar-refractivity contribution in [3.8, 4) is 0 Å². The Bertz CT molecular complexity index is 138. The molecule has 0 atom stereocenters. The molecule has 1 rings (SSSR count). The third-order valence-electron chi connectivity index (χ3n) is 1.23. The van der Waals surface area contributed by atoms with Crippen LogP contribution in [-0.2, 0) is 4.74 Å². The van der Waals surface area contributed by atoms with E-state index in [9.17, 15) is 0 Å². The summed E-state index contributed by atoms with van der Waals surface area (Å²) in [7, 11) is 0. The second-order valence-electron chi connectivity index (χ2n) is 2.03. The first-order chi connectivity index (χ1) is 4.43. The molecule has 2 heteroatoms. The fourth-order valence-electron chi connectivity index (χ4n) is 0.704. The van der Waals surface area contributed by atoms with Gasteiger partial charge in [0.2, 0.25) is 0 Å². The lowest BCUT2D eigenvalue weighted by atomic mass is 10.2. The Kier molecular flexibility index (Phi) is 2.31. The first-order valence-corrected chi connectivity index (χ1v) is 3.32. The fraction of sp³-hybridized carbons (Fsp3) is 0.571. The van der Waals surface area contributed by atoms with Crippen molar-refractivity contribution in [3.05, 3.63) is 12.5 Å². The van der Waals surface area contributed by atoms with Gasteiger partial charge in [-0.25, -0.2) is 0 Å². The molecule has 0 aromatic heterocycles. The summed E-state index contributed by atoms with van der Waals surface area (Å²) in [6, 6.07) is 0. The lowest BCUT2D eigenvalue weighted by molar-refractivity contribution is 0.465. The van der Waals surface area contributed by atoms with Gasteiger partial charge < -0.3 is 4.74 Å². The number of hydrogen-bond acceptors (Lipinski definition) is 2. The van der Waals surface area contributed by atoms with Crippen molar-refractivity contribution in [1.82, 2.24) is 4.99 Å². The van der Waals surface area contributed by atoms with Gasteiger partial charge in [0.25, 0.3) is 6.20 Å². The van der Waals surface area contributed by atoms with Crippen LogP contribution < -0.4 is 4.99 Å². The molecule has 0 aromatic rings. The highest BCUT2D eigenvalue weighted by Gasteiger charge is 2.13. The second-order valence-corrected chi connectivity index (χ2v) is 2.03. The maximum absolute atomic E-state index is 5.02. The van der Waals surface area contributed by atoms with Crippen LogP contribution in [0.25, 0.3) is 0 Å². The summed E-state index contributed by atoms with van der Waals surface area (Å²) in [5, 5.41) is 0. The number of hydrogen-bond donors (Lipinski definition) is 0. The van der Waals surface area contributed by atoms with E-state index in [0.717, 1.165) is 12.3 Å². The highest BCUT2D eigenvalue weighted by molar-refractivity contribution is 5.77. The van der Waals surface area contributed by atoms with E-state index in [-0.39, 0.29) is 0 Å². The van der Waals surface area contributed by atoms with Crippen molar-refractivity contribution in [3.63, 3.8) is 0 Å². The summed E-state index contributed by atoms with van der Waals surface area (Å²) < 4.78 is 5.02. The topological polar surface area (TPSA) is 23.3 Å². The Hall–Kier alpha value is -0.790. The van der Waals surface area contributed by atoms with Gasteiger partial charge >= 0.3 is 5.90 Å². The molecule has 0 spiro atoms. The van der Waals surface area contributed by atoms with E-state index in [1.807, 2.05) is 0 Å². The van der Waals surface area contributed by atoms with Gasteiger partial charge in [0.05, 0.1) is 6.42 Å². The number of rotatable bonds is 3. The average Bonchev–Trinajstić information content (AvgIpc) is 2.34. The van der Waals surface area contributed by atoms with Crippen LogP contribution in [-0.4, -0.2) is 5.90 Å². The molecule has 1 aliphatic heterocycles. The molecule has 1 radical (unpaired) electrons. The zero-order valence-corrected chi connectivity index (χ0v) is 5.63. The van der Waals surface area contributed by atoms with Crippen molar-refractivity contribution in [2.45, 2.75) is 26.2 Å². The molecule has 9 heavy (non-hydrogen) atoms. The zero-order chi connectivity index (χ0) is 6.53. The van der Waals surface area contributed by atoms with Gasteiger partial charge in [0.15, 0.2) is 6.26 Å². The first-order valence-electron chi connectivity index (χ1n) is 3.32. The van der Waals surface area contributed by atoms with E-state index in [0.29, 0.717) is 0 Å². The Balaban J connectivity index is 2.14. The van der Waals surface area contributed by atoms with Crippen molar-refractivity contribution in [1.29, 1.82) is 0 Å². The van der Waals surface area contributed by atoms with E-state index in [1.54, 1.807) is 12.5 Å². The maximum Gasteiger partial charge on any atom is 0.414 e. The molecule has 0 aliphatic carbocycles. The van der Waals surface area contributed by atoms with Crippen LogP contribution in [0.3, 0.4) is 0 Å². The molecule has 1 heterocycles. The van der Waals surface area contributed by atoms with Gasteiger partial charge in [-0.15, -0.1) is 0 Å². The van der Waals surface area contributed by atoms with E-state index >= 15 is 0 Å². The van der Waals surface area contributed by atoms with Crippen LogP contribution in [0.4, 0.5) is 0 Å². The Morgan fingerprint density at radius 1 is 1.67 bits per heavy atom. The Morgan fingerprint density at radius 2 is 2.56 bits per heavy atom. The molecule has 0 saturated heterocycles. The third kappa shape index (κ3) is 1.88. The van der Waals surface area contributed by atoms with Crippen LogP contribution in [0.1, 0.15) is 26.2 Å². The quantitative estimate of drug-likeness (QED) is 0.559. The van der Waals surface area contributed by atoms with Crippen molar-refractivity contribution < 1.29 is 4.74 Å². The summed E-state index contributed by atoms with van der Waals surface area (Å²) in [6.45, 7) is 2.16. The molecule has 0 unspecified atom stereocenters. The largest absolute Gasteiger partial charge is 0.414 e. The van der Waals surface area contributed by atoms with E-state index in [1.165, 1.54) is 12.8 Å². The van der Waals surface area contributed by atoms with Crippen molar-refractivity contribution >= 4 is 5.90 Å². The van der Waals surface area contributed by atoms with E-state index in [2.05, 4.69) is 11.9 Å². The number of aliphatic imine (C=N–C) groups is 1. The molecule has 0 saturated carbocycles. The molecule has 49 valence electrons. The standard InChI is InChI=1S/C7H11NO/c1-2-3-4-7-8-5-6-9-7/h5-6H,2-4H2,1H3/q+1. The van der Waals surface area contributed by atoms with Crippen LogP contribution >= 0.6 is 0 Å². The highest BCUT2D eigenvalue weighted by atomic mass is 16.5. The minimum Gasteiger partial charge on any atom is -0.405 e. The molecule has 0 N–H and O–H groups in total. The minimum atomic E-state index is 0.858. The van der Waals surface area contributed by atoms with Crippen LogP contribution in [0, 0.1) is 0 Å². The van der Waals surface area contributed by atoms with Crippen LogP contribution in [0.15, 0.2) is 12.5 Å². The fourth-order valence-corrected chi connectivity index (χ4v) is 0.704. The smallest absolute Gasteiger partial charge is 0.405 e. The zero-order valence-electron chi connectivity index (χ0n) is 5.63. The van der Waals surface area contributed by atoms with E-state index in [4.69, 9.17) is 4.74 Å². The monoisotopic (exact) mass is 125 g/mol. The summed E-state index contributed by atoms with van der Waals surface area (Å²) >= 11 is 0. The molecule has 1 aliphatic rings. The van der Waals surface area contributed by atoms with Gasteiger partial charge in [-0.2, -0.15) is 0 Å². The number of nitrogens with zero attached hydrogens (tertiary/aromatic N) is 1. The van der Waals surface area contributed by atoms with Gasteiger partial charge in [-0.3, -0.25) is 0 Å². The lowest BCUT2D eigenvalue weighted by Crippen LogP contribution is -2.00. The van der Waals surface area contributed by atoms with Gasteiger partial charge in [0, 0.05) is 0 Å². The minimum absolute atomic E-state index is 0.858. The predicted molar refractivity (Wildman–Crippen MR) is 36.9 cm³/mol. The molecular formula is C7H11NO+. The summed E-state index contributed by atoms with van der Waals surface area (Å²) in [6.07, 6.45) is 6.64. The first kappa shape index (κ1) is 6.33. The molecule has 2 nitrogen and oxygen atoms in total. The molecule has 0 bridgehead atoms. The Labute approximate surface area is 55.2 Å². The molecular weight excluding hydrogens is 114 g/mol. The predicted octanol–water partition coefficient (Wildman–Crippen LogP) is 1.41. The van der Waals surface area contributed by atoms with Gasteiger partial charge in [0.1, 0.15) is 4.99 Å². The van der Waals surface area contributed by atoms with Crippen LogP contribution in [0.2, 0.25) is 0 Å². The third-order valence-corrected chi connectivity index (χ3v) is 1.23. The van der Waals surface area contributed by atoms with E-state index < -0.39 is 0 Å². The normalized spacial score (nSPS) is 15.4. The molecule has 0 fully saturated rings. The highest BCUT2D eigenvalue weighted by Crippen LogP contribution is 1.99. The van der Waals surface area contributed by atoms with Crippen LogP contribution in [0.5, 0.6) is 0 Å². The Morgan fingerprint density at radius 3 is 3.11 bits per heavy atom. The average molecular weight is 125 g/mol. The molecule has 0 aromatic carbocycles.